The summed E-state index contributed by atoms with van der Waals surface area (Å²) < 4.78 is 4.73. The summed E-state index contributed by atoms with van der Waals surface area (Å²) in [6, 6.07) is 12.3. The molecule has 0 radical (unpaired) electrons. The molecule has 3 nitrogen and oxygen atoms in total. The van der Waals surface area contributed by atoms with Crippen LogP contribution in [0.4, 0.5) is 0 Å². The highest BCUT2D eigenvalue weighted by Crippen LogP contribution is 2.28. The lowest BCUT2D eigenvalue weighted by Gasteiger charge is -2.03. The third kappa shape index (κ3) is 1.97. The fraction of sp³-hybridized carbons (Fsp3) is 0.188. The van der Waals surface area contributed by atoms with E-state index in [4.69, 9.17) is 4.74 Å². The van der Waals surface area contributed by atoms with Crippen molar-refractivity contribution in [2.75, 3.05) is 7.11 Å². The number of aromatic nitrogens is 1. The topological polar surface area (TPSA) is 42.1 Å². The van der Waals surface area contributed by atoms with Crippen LogP contribution in [0, 0.1) is 6.92 Å². The Hall–Kier alpha value is -2.29. The summed E-state index contributed by atoms with van der Waals surface area (Å²) in [6.07, 6.45) is 0.312. The van der Waals surface area contributed by atoms with E-state index in [1.54, 1.807) is 0 Å². The van der Waals surface area contributed by atoms with Crippen molar-refractivity contribution < 1.29 is 9.53 Å². The van der Waals surface area contributed by atoms with Gasteiger partial charge in [0.1, 0.15) is 0 Å². The number of carbonyl (C=O) groups is 1. The number of aryl methyl sites for hydroxylation is 1. The molecule has 0 fully saturated rings. The lowest BCUT2D eigenvalue weighted by atomic mass is 10.0. The van der Waals surface area contributed by atoms with Crippen molar-refractivity contribution >= 4 is 27.8 Å². The molecule has 0 amide bonds. The Morgan fingerprint density at radius 1 is 1.21 bits per heavy atom. The van der Waals surface area contributed by atoms with Gasteiger partial charge in [-0.25, -0.2) is 0 Å². The van der Waals surface area contributed by atoms with Crippen molar-refractivity contribution in [3.8, 4) is 0 Å². The highest BCUT2D eigenvalue weighted by Gasteiger charge is 2.10. The monoisotopic (exact) mass is 253 g/mol. The molecule has 2 aromatic carbocycles. The highest BCUT2D eigenvalue weighted by molar-refractivity contribution is 6.08. The van der Waals surface area contributed by atoms with Crippen LogP contribution in [0.2, 0.25) is 0 Å². The number of hydrogen-bond donors (Lipinski definition) is 1. The Bertz CT molecular complexity index is 771. The lowest BCUT2D eigenvalue weighted by molar-refractivity contribution is -0.139. The maximum absolute atomic E-state index is 11.4. The summed E-state index contributed by atoms with van der Waals surface area (Å²) in [4.78, 5) is 14.8. The number of H-pyrrole nitrogens is 1. The molecule has 3 aromatic rings. The number of ether oxygens (including phenoxy) is 1. The first-order valence-corrected chi connectivity index (χ1v) is 6.26. The number of carbonyl (C=O) groups excluding carboxylic acids is 1. The summed E-state index contributed by atoms with van der Waals surface area (Å²) in [6.45, 7) is 2.05. The Balaban J connectivity index is 2.23. The largest absolute Gasteiger partial charge is 0.469 e. The van der Waals surface area contributed by atoms with Crippen LogP contribution < -0.4 is 0 Å². The number of rotatable bonds is 2. The van der Waals surface area contributed by atoms with Gasteiger partial charge in [0.2, 0.25) is 0 Å². The quantitative estimate of drug-likeness (QED) is 0.712. The number of benzene rings is 2. The molecule has 96 valence electrons. The molecule has 0 bridgehead atoms. The second-order valence-electron chi connectivity index (χ2n) is 4.76. The molecule has 1 aromatic heterocycles. The number of fused-ring (bicyclic) bond motifs is 3. The van der Waals surface area contributed by atoms with Crippen LogP contribution in [0.25, 0.3) is 21.8 Å². The van der Waals surface area contributed by atoms with Crippen molar-refractivity contribution in [3.05, 3.63) is 47.5 Å². The van der Waals surface area contributed by atoms with Crippen LogP contribution in [0.5, 0.6) is 0 Å². The number of aromatic amines is 1. The minimum absolute atomic E-state index is 0.210. The molecule has 0 spiro atoms. The molecule has 0 aliphatic carbocycles. The Morgan fingerprint density at radius 2 is 2.00 bits per heavy atom. The SMILES string of the molecule is COC(=O)Cc1cc(C)c2[nH]c3ccccc3c2c1. The van der Waals surface area contributed by atoms with Gasteiger partial charge in [-0.3, -0.25) is 4.79 Å². The van der Waals surface area contributed by atoms with Crippen LogP contribution in [-0.2, 0) is 16.0 Å². The average Bonchev–Trinajstić information content (AvgIpc) is 2.78. The van der Waals surface area contributed by atoms with Crippen molar-refractivity contribution in [3.63, 3.8) is 0 Å². The van der Waals surface area contributed by atoms with Crippen LogP contribution in [0.15, 0.2) is 36.4 Å². The van der Waals surface area contributed by atoms with Crippen LogP contribution in [-0.4, -0.2) is 18.1 Å². The summed E-state index contributed by atoms with van der Waals surface area (Å²) in [7, 11) is 1.42. The first-order chi connectivity index (χ1) is 9.19. The van der Waals surface area contributed by atoms with Crippen LogP contribution in [0.1, 0.15) is 11.1 Å². The number of hydrogen-bond acceptors (Lipinski definition) is 2. The molecule has 3 heteroatoms. The third-order valence-electron chi connectivity index (χ3n) is 3.45. The van der Waals surface area contributed by atoms with E-state index in [2.05, 4.69) is 30.1 Å². The van der Waals surface area contributed by atoms with Gasteiger partial charge in [-0.15, -0.1) is 0 Å². The minimum Gasteiger partial charge on any atom is -0.469 e. The van der Waals surface area contributed by atoms with Gasteiger partial charge in [0.15, 0.2) is 0 Å². The standard InChI is InChI=1S/C16H15NO2/c1-10-7-11(9-15(18)19-2)8-13-12-5-3-4-6-14(12)17-16(10)13/h3-8,17H,9H2,1-2H3. The van der Waals surface area contributed by atoms with E-state index in [0.717, 1.165) is 27.5 Å². The number of nitrogens with one attached hydrogen (secondary N) is 1. The fourth-order valence-electron chi connectivity index (χ4n) is 2.54. The molecule has 0 aliphatic rings. The van der Waals surface area contributed by atoms with Crippen LogP contribution >= 0.6 is 0 Å². The van der Waals surface area contributed by atoms with Crippen molar-refractivity contribution in [1.29, 1.82) is 0 Å². The molecule has 0 unspecified atom stereocenters. The van der Waals surface area contributed by atoms with Crippen molar-refractivity contribution in [2.45, 2.75) is 13.3 Å². The smallest absolute Gasteiger partial charge is 0.309 e. The summed E-state index contributed by atoms with van der Waals surface area (Å²) >= 11 is 0. The molecule has 1 heterocycles. The van der Waals surface area contributed by atoms with Gasteiger partial charge in [0.05, 0.1) is 13.5 Å². The van der Waals surface area contributed by atoms with Crippen molar-refractivity contribution in [2.24, 2.45) is 0 Å². The zero-order valence-corrected chi connectivity index (χ0v) is 11.0. The third-order valence-corrected chi connectivity index (χ3v) is 3.45. The van der Waals surface area contributed by atoms with E-state index in [9.17, 15) is 4.79 Å². The van der Waals surface area contributed by atoms with Crippen molar-refractivity contribution in [1.82, 2.24) is 4.98 Å². The lowest BCUT2D eigenvalue weighted by Crippen LogP contribution is -2.04. The number of para-hydroxylation sites is 1. The normalized spacial score (nSPS) is 11.1. The van der Waals surface area contributed by atoms with Gasteiger partial charge in [0, 0.05) is 21.8 Å². The van der Waals surface area contributed by atoms with E-state index in [1.807, 2.05) is 18.2 Å². The van der Waals surface area contributed by atoms with Crippen LogP contribution in [0.3, 0.4) is 0 Å². The number of esters is 1. The Kier molecular flexibility index (Phi) is 2.75. The molecule has 0 atom stereocenters. The number of methoxy groups -OCH3 is 1. The van der Waals surface area contributed by atoms with E-state index in [0.29, 0.717) is 6.42 Å². The zero-order chi connectivity index (χ0) is 13.4. The van der Waals surface area contributed by atoms with Gasteiger partial charge in [0.25, 0.3) is 0 Å². The van der Waals surface area contributed by atoms with Gasteiger partial charge >= 0.3 is 5.97 Å². The van der Waals surface area contributed by atoms with E-state index in [-0.39, 0.29) is 5.97 Å². The Labute approximate surface area is 111 Å². The maximum Gasteiger partial charge on any atom is 0.309 e. The molecule has 0 saturated heterocycles. The van der Waals surface area contributed by atoms with E-state index in [1.165, 1.54) is 12.5 Å². The molecule has 1 N–H and O–H groups in total. The Morgan fingerprint density at radius 3 is 2.79 bits per heavy atom. The first kappa shape index (κ1) is 11.8. The highest BCUT2D eigenvalue weighted by atomic mass is 16.5. The molecule has 0 aliphatic heterocycles. The molecular formula is C16H15NO2. The molecule has 3 rings (SSSR count). The zero-order valence-electron chi connectivity index (χ0n) is 11.0. The predicted octanol–water partition coefficient (Wildman–Crippen LogP) is 3.35. The minimum atomic E-state index is -0.210. The fourth-order valence-corrected chi connectivity index (χ4v) is 2.54. The summed E-state index contributed by atoms with van der Waals surface area (Å²) in [5.74, 6) is -0.210. The maximum atomic E-state index is 11.4. The summed E-state index contributed by atoms with van der Waals surface area (Å²) in [5.41, 5.74) is 4.39. The predicted molar refractivity (Wildman–Crippen MR) is 76.3 cm³/mol. The summed E-state index contributed by atoms with van der Waals surface area (Å²) in [5, 5.41) is 2.35. The van der Waals surface area contributed by atoms with Gasteiger partial charge in [-0.1, -0.05) is 24.3 Å². The van der Waals surface area contributed by atoms with Gasteiger partial charge in [-0.2, -0.15) is 0 Å². The van der Waals surface area contributed by atoms with E-state index < -0.39 is 0 Å². The van der Waals surface area contributed by atoms with Gasteiger partial charge < -0.3 is 9.72 Å². The van der Waals surface area contributed by atoms with E-state index >= 15 is 0 Å². The average molecular weight is 253 g/mol. The van der Waals surface area contributed by atoms with Gasteiger partial charge in [-0.05, 0) is 30.2 Å². The first-order valence-electron chi connectivity index (χ1n) is 6.26. The molecule has 19 heavy (non-hydrogen) atoms. The second-order valence-corrected chi connectivity index (χ2v) is 4.76. The molecule has 0 saturated carbocycles. The second kappa shape index (κ2) is 4.43. The molecular weight excluding hydrogens is 238 g/mol.